The molecule has 2 nitrogen and oxygen atoms in total. The van der Waals surface area contributed by atoms with Gasteiger partial charge in [-0.05, 0) is 211 Å². The summed E-state index contributed by atoms with van der Waals surface area (Å²) in [6.07, 6.45) is 0. The molecule has 0 unspecified atom stereocenters. The van der Waals surface area contributed by atoms with Crippen molar-refractivity contribution in [3.8, 4) is 33.4 Å². The second-order valence-electron chi connectivity index (χ2n) is 22.9. The molecule has 0 aliphatic rings. The Labute approximate surface area is 517 Å². The minimum absolute atomic E-state index is 0.554. The first-order chi connectivity index (χ1) is 43.4. The molecule has 18 aromatic carbocycles. The average Bonchev–Trinajstić information content (AvgIpc) is 0.867. The van der Waals surface area contributed by atoms with Crippen molar-refractivity contribution in [3.05, 3.63) is 320 Å². The molecule has 412 valence electrons. The highest BCUT2D eigenvalue weighted by Gasteiger charge is 2.19. The highest BCUT2D eigenvalue weighted by Crippen LogP contribution is 2.46. The zero-order valence-electron chi connectivity index (χ0n) is 47.9. The Balaban J connectivity index is 0.000000120. The summed E-state index contributed by atoms with van der Waals surface area (Å²) in [6, 6.07) is 113. The van der Waals surface area contributed by atoms with Gasteiger partial charge >= 0.3 is 7.12 Å². The Hall–Kier alpha value is -10.5. The monoisotopic (exact) mass is 1180 g/mol. The zero-order chi connectivity index (χ0) is 58.8. The van der Waals surface area contributed by atoms with E-state index < -0.39 is 7.12 Å². The molecule has 0 saturated carbocycles. The molecule has 88 heavy (non-hydrogen) atoms. The fraction of sp³-hybridized carbons (Fsp3) is 0. The predicted octanol–water partition coefficient (Wildman–Crippen LogP) is 22.3. The highest BCUT2D eigenvalue weighted by molar-refractivity contribution is 9.10. The van der Waals surface area contributed by atoms with Crippen LogP contribution in [0.2, 0.25) is 0 Å². The van der Waals surface area contributed by atoms with Gasteiger partial charge in [-0.3, -0.25) is 0 Å². The quantitative estimate of drug-likeness (QED) is 0.136. The molecule has 0 fully saturated rings. The third-order valence-corrected chi connectivity index (χ3v) is 18.5. The Morgan fingerprint density at radius 2 is 0.557 bits per heavy atom. The van der Waals surface area contributed by atoms with Gasteiger partial charge in [-0.1, -0.05) is 289 Å². The minimum Gasteiger partial charge on any atom is -0.423 e. The lowest BCUT2D eigenvalue weighted by atomic mass is 9.77. The van der Waals surface area contributed by atoms with Crippen molar-refractivity contribution >= 4 is 158 Å². The molecule has 18 aromatic rings. The van der Waals surface area contributed by atoms with Gasteiger partial charge in [-0.15, -0.1) is 0 Å². The van der Waals surface area contributed by atoms with Crippen molar-refractivity contribution in [2.75, 3.05) is 0 Å². The van der Waals surface area contributed by atoms with E-state index in [0.29, 0.717) is 5.46 Å². The van der Waals surface area contributed by atoms with Crippen molar-refractivity contribution in [2.24, 2.45) is 0 Å². The van der Waals surface area contributed by atoms with Crippen LogP contribution in [0.1, 0.15) is 0 Å². The lowest BCUT2D eigenvalue weighted by Crippen LogP contribution is -2.30. The first-order valence-electron chi connectivity index (χ1n) is 30.0. The zero-order valence-corrected chi connectivity index (χ0v) is 49.5. The Morgan fingerprint density at radius 3 is 1.08 bits per heavy atom. The fourth-order valence-corrected chi connectivity index (χ4v) is 14.3. The maximum absolute atomic E-state index is 9.08. The summed E-state index contributed by atoms with van der Waals surface area (Å²) in [6.45, 7) is 0. The Morgan fingerprint density at radius 1 is 0.205 bits per heavy atom. The maximum Gasteiger partial charge on any atom is 0.489 e. The van der Waals surface area contributed by atoms with Gasteiger partial charge in [-0.25, -0.2) is 0 Å². The van der Waals surface area contributed by atoms with Gasteiger partial charge in [-0.2, -0.15) is 0 Å². The van der Waals surface area contributed by atoms with E-state index >= 15 is 0 Å². The van der Waals surface area contributed by atoms with Crippen molar-refractivity contribution in [2.45, 2.75) is 0 Å². The van der Waals surface area contributed by atoms with Gasteiger partial charge in [0.25, 0.3) is 0 Å². The van der Waals surface area contributed by atoms with Crippen LogP contribution in [0.25, 0.3) is 163 Å². The molecular formula is C84H54BBrO2. The summed E-state index contributed by atoms with van der Waals surface area (Å²) in [7, 11) is -1.40. The van der Waals surface area contributed by atoms with Gasteiger partial charge < -0.3 is 10.0 Å². The molecule has 0 spiro atoms. The second kappa shape index (κ2) is 22.1. The molecule has 18 rings (SSSR count). The van der Waals surface area contributed by atoms with Crippen molar-refractivity contribution in [1.82, 2.24) is 0 Å². The van der Waals surface area contributed by atoms with E-state index in [1.807, 2.05) is 36.4 Å². The predicted molar refractivity (Wildman–Crippen MR) is 383 cm³/mol. The van der Waals surface area contributed by atoms with Crippen LogP contribution in [0.5, 0.6) is 0 Å². The summed E-state index contributed by atoms with van der Waals surface area (Å²) in [5.74, 6) is 0. The molecule has 0 heterocycles. The fourth-order valence-electron chi connectivity index (χ4n) is 13.9. The second-order valence-corrected chi connectivity index (χ2v) is 23.8. The molecule has 0 bridgehead atoms. The first-order valence-corrected chi connectivity index (χ1v) is 30.8. The SMILES string of the molecule is Brc1ccc2c(c1)c1ccccc1c1cc(-c3ccc4ccccc4c3)c3ccccc3c21.OB(O)c1cccc2ccccc12.c1ccc2cc(-c3cc4c5ccccc5c5cc(-c6cccc7ccccc67)ccc5c4c4ccccc34)ccc2c1. The van der Waals surface area contributed by atoms with Crippen LogP contribution in [0.3, 0.4) is 0 Å². The van der Waals surface area contributed by atoms with E-state index in [-0.39, 0.29) is 0 Å². The smallest absolute Gasteiger partial charge is 0.423 e. The third-order valence-electron chi connectivity index (χ3n) is 18.0. The summed E-state index contributed by atoms with van der Waals surface area (Å²) < 4.78 is 1.11. The van der Waals surface area contributed by atoms with Crippen molar-refractivity contribution < 1.29 is 10.0 Å². The van der Waals surface area contributed by atoms with Gasteiger partial charge in [0, 0.05) is 4.47 Å². The lowest BCUT2D eigenvalue weighted by Gasteiger charge is -2.17. The summed E-state index contributed by atoms with van der Waals surface area (Å²) >= 11 is 3.69. The molecule has 4 heteroatoms. The van der Waals surface area contributed by atoms with Gasteiger partial charge in [0.15, 0.2) is 0 Å². The maximum atomic E-state index is 9.08. The van der Waals surface area contributed by atoms with E-state index in [4.69, 9.17) is 10.0 Å². The molecule has 0 amide bonds. The summed E-state index contributed by atoms with van der Waals surface area (Å²) in [5, 5.41) is 48.5. The lowest BCUT2D eigenvalue weighted by molar-refractivity contribution is 0.426. The number of rotatable bonds is 4. The molecular weight excluding hydrogens is 1130 g/mol. The van der Waals surface area contributed by atoms with Crippen LogP contribution in [0, 0.1) is 0 Å². The van der Waals surface area contributed by atoms with Crippen molar-refractivity contribution in [1.29, 1.82) is 0 Å². The number of hydrogen-bond donors (Lipinski definition) is 2. The average molecular weight is 1190 g/mol. The third kappa shape index (κ3) is 9.21. The number of halogens is 1. The van der Waals surface area contributed by atoms with E-state index in [9.17, 15) is 0 Å². The van der Waals surface area contributed by atoms with Crippen LogP contribution in [-0.2, 0) is 0 Å². The Bertz CT molecular complexity index is 5820. The molecule has 0 aromatic heterocycles. The van der Waals surface area contributed by atoms with Gasteiger partial charge in [0.05, 0.1) is 0 Å². The highest BCUT2D eigenvalue weighted by atomic mass is 79.9. The van der Waals surface area contributed by atoms with E-state index in [1.165, 1.54) is 152 Å². The first kappa shape index (κ1) is 53.0. The van der Waals surface area contributed by atoms with E-state index in [1.54, 1.807) is 6.07 Å². The summed E-state index contributed by atoms with van der Waals surface area (Å²) in [5.41, 5.74) is 8.15. The van der Waals surface area contributed by atoms with Crippen LogP contribution in [0.4, 0.5) is 0 Å². The van der Waals surface area contributed by atoms with Gasteiger partial charge in [0.2, 0.25) is 0 Å². The number of fused-ring (bicyclic) bond motifs is 20. The number of hydrogen-bond acceptors (Lipinski definition) is 2. The molecule has 0 radical (unpaired) electrons. The van der Waals surface area contributed by atoms with Gasteiger partial charge in [0.1, 0.15) is 0 Å². The van der Waals surface area contributed by atoms with Crippen LogP contribution < -0.4 is 5.46 Å². The largest absolute Gasteiger partial charge is 0.489 e. The molecule has 0 aliphatic heterocycles. The van der Waals surface area contributed by atoms with Crippen LogP contribution >= 0.6 is 15.9 Å². The Kier molecular flexibility index (Phi) is 13.3. The van der Waals surface area contributed by atoms with Crippen LogP contribution in [0.15, 0.2) is 320 Å². The standard InChI is InChI=1S/C42H26.C32H19Br.C10H9BO2/c1-2-12-29-24-30(21-20-27(29)10-1)39-26-41-35-16-6-5-15-34(35)40-25-31(33-19-9-13-28-11-3-4-14-32(28)33)22-23-38(40)42(41)37-18-8-7-17-36(37)39;33-23-15-16-28-30(18-23)24-9-3-4-10-25(24)31-19-29(26-11-5-6-12-27(26)32(28)31)22-14-13-20-7-1-2-8-21(20)17-22;12-11(13)10-7-3-5-8-4-1-2-6-9(8)10/h1-26H;1-19H;1-7,12-13H. The molecule has 0 saturated heterocycles. The number of benzene rings is 18. The summed E-state index contributed by atoms with van der Waals surface area (Å²) in [4.78, 5) is 0. The van der Waals surface area contributed by atoms with Crippen LogP contribution in [-0.4, -0.2) is 17.2 Å². The molecule has 0 atom stereocenters. The topological polar surface area (TPSA) is 40.5 Å². The normalized spacial score (nSPS) is 11.6. The molecule has 0 aliphatic carbocycles. The minimum atomic E-state index is -1.40. The molecule has 2 N–H and O–H groups in total. The van der Waals surface area contributed by atoms with E-state index in [0.717, 1.165) is 15.2 Å². The van der Waals surface area contributed by atoms with Crippen molar-refractivity contribution in [3.63, 3.8) is 0 Å². The van der Waals surface area contributed by atoms with E-state index in [2.05, 4.69) is 289 Å².